The molecule has 0 aliphatic heterocycles. The number of carboxylic acid groups (broad SMARTS) is 1. The van der Waals surface area contributed by atoms with Gasteiger partial charge >= 0.3 is 17.9 Å². The monoisotopic (exact) mass is 294 g/mol. The summed E-state index contributed by atoms with van der Waals surface area (Å²) in [5.41, 5.74) is 0.392. The Kier molecular flexibility index (Phi) is 6.06. The Morgan fingerprint density at radius 3 is 2.24 bits per heavy atom. The molecule has 0 saturated carbocycles. The minimum absolute atomic E-state index is 0.392. The minimum Gasteiger partial charge on any atom is -0.481 e. The van der Waals surface area contributed by atoms with Crippen molar-refractivity contribution in [3.63, 3.8) is 0 Å². The van der Waals surface area contributed by atoms with Crippen LogP contribution in [0.3, 0.4) is 0 Å². The van der Waals surface area contributed by atoms with Crippen LogP contribution in [-0.2, 0) is 28.7 Å². The summed E-state index contributed by atoms with van der Waals surface area (Å²) in [6.45, 7) is 0. The maximum Gasteiger partial charge on any atom is 0.351 e. The summed E-state index contributed by atoms with van der Waals surface area (Å²) in [6, 6.07) is 8.14. The molecule has 0 aromatic heterocycles. The second-order valence-corrected chi connectivity index (χ2v) is 4.09. The van der Waals surface area contributed by atoms with Gasteiger partial charge in [0.05, 0.1) is 7.11 Å². The first-order chi connectivity index (χ1) is 9.93. The number of Topliss-reactive ketones (excluding diaryl/α,β-unsaturated/α-hetero) is 1. The molecular weight excluding hydrogens is 280 g/mol. The van der Waals surface area contributed by atoms with Crippen LogP contribution in [-0.4, -0.2) is 35.9 Å². The summed E-state index contributed by atoms with van der Waals surface area (Å²) >= 11 is 0. The van der Waals surface area contributed by atoms with Crippen molar-refractivity contribution in [1.29, 1.82) is 0 Å². The van der Waals surface area contributed by atoms with E-state index in [2.05, 4.69) is 4.74 Å². The molecule has 0 amide bonds. The molecule has 112 valence electrons. The molecule has 1 aromatic carbocycles. The van der Waals surface area contributed by atoms with Crippen LogP contribution in [0, 0.1) is 0 Å². The summed E-state index contributed by atoms with van der Waals surface area (Å²) < 4.78 is 9.46. The van der Waals surface area contributed by atoms with Crippen molar-refractivity contribution in [2.24, 2.45) is 0 Å². The van der Waals surface area contributed by atoms with Crippen LogP contribution in [0.2, 0.25) is 0 Å². The number of hydrogen-bond acceptors (Lipinski definition) is 6. The number of ether oxygens (including phenoxy) is 2. The van der Waals surface area contributed by atoms with Crippen LogP contribution >= 0.6 is 0 Å². The lowest BCUT2D eigenvalue weighted by Gasteiger charge is -2.15. The molecule has 0 spiro atoms. The van der Waals surface area contributed by atoms with E-state index in [0.29, 0.717) is 5.56 Å². The molecule has 0 fully saturated rings. The topological polar surface area (TPSA) is 107 Å². The van der Waals surface area contributed by atoms with E-state index in [1.807, 2.05) is 0 Å². The van der Waals surface area contributed by atoms with E-state index >= 15 is 0 Å². The third kappa shape index (κ3) is 5.43. The third-order valence-electron chi connectivity index (χ3n) is 2.46. The predicted molar refractivity (Wildman–Crippen MR) is 69.2 cm³/mol. The molecule has 0 aliphatic rings. The largest absolute Gasteiger partial charge is 0.481 e. The molecule has 0 aliphatic carbocycles. The maximum absolute atomic E-state index is 11.6. The van der Waals surface area contributed by atoms with Gasteiger partial charge in [0.25, 0.3) is 0 Å². The van der Waals surface area contributed by atoms with Crippen LogP contribution in [0.15, 0.2) is 30.3 Å². The van der Waals surface area contributed by atoms with Gasteiger partial charge in [0, 0.05) is 5.56 Å². The van der Waals surface area contributed by atoms with Gasteiger partial charge in [-0.2, -0.15) is 0 Å². The fourth-order valence-corrected chi connectivity index (χ4v) is 1.55. The number of methoxy groups -OCH3 is 1. The fourth-order valence-electron chi connectivity index (χ4n) is 1.55. The lowest BCUT2D eigenvalue weighted by molar-refractivity contribution is -0.167. The highest BCUT2D eigenvalue weighted by Gasteiger charge is 2.26. The second-order valence-electron chi connectivity index (χ2n) is 4.09. The normalized spacial score (nSPS) is 11.3. The molecule has 1 atom stereocenters. The zero-order valence-electron chi connectivity index (χ0n) is 11.3. The highest BCUT2D eigenvalue weighted by Crippen LogP contribution is 2.19. The van der Waals surface area contributed by atoms with Gasteiger partial charge in [0.15, 0.2) is 5.78 Å². The van der Waals surface area contributed by atoms with E-state index in [1.165, 1.54) is 0 Å². The van der Waals surface area contributed by atoms with E-state index in [9.17, 15) is 19.2 Å². The van der Waals surface area contributed by atoms with E-state index in [4.69, 9.17) is 9.84 Å². The van der Waals surface area contributed by atoms with Gasteiger partial charge in [0.2, 0.25) is 6.10 Å². The molecule has 21 heavy (non-hydrogen) atoms. The van der Waals surface area contributed by atoms with Crippen molar-refractivity contribution in [2.45, 2.75) is 18.9 Å². The average Bonchev–Trinajstić information content (AvgIpc) is 2.43. The molecule has 1 rings (SSSR count). The Morgan fingerprint density at radius 2 is 1.71 bits per heavy atom. The number of benzene rings is 1. The highest BCUT2D eigenvalue weighted by molar-refractivity contribution is 6.03. The maximum atomic E-state index is 11.6. The van der Waals surface area contributed by atoms with Crippen LogP contribution in [0.4, 0.5) is 0 Å². The number of ketones is 1. The second kappa shape index (κ2) is 7.78. The lowest BCUT2D eigenvalue weighted by Crippen LogP contribution is -2.23. The van der Waals surface area contributed by atoms with Crippen molar-refractivity contribution in [3.05, 3.63) is 35.9 Å². The third-order valence-corrected chi connectivity index (χ3v) is 2.46. The lowest BCUT2D eigenvalue weighted by atomic mass is 10.1. The number of aliphatic carboxylic acids is 1. The summed E-state index contributed by atoms with van der Waals surface area (Å²) in [5.74, 6) is -3.91. The molecule has 1 aromatic rings. The Morgan fingerprint density at radius 1 is 1.10 bits per heavy atom. The fraction of sp³-hybridized carbons (Fsp3) is 0.286. The average molecular weight is 294 g/mol. The van der Waals surface area contributed by atoms with Crippen LogP contribution in [0.5, 0.6) is 0 Å². The van der Waals surface area contributed by atoms with Crippen molar-refractivity contribution in [1.82, 2.24) is 0 Å². The SMILES string of the molecule is COC(=O)C(OC(=O)CC(=O)CC(=O)O)c1ccccc1. The number of carbonyl (C=O) groups is 4. The van der Waals surface area contributed by atoms with Crippen molar-refractivity contribution in [3.8, 4) is 0 Å². The number of rotatable bonds is 7. The molecule has 7 heteroatoms. The minimum atomic E-state index is -1.33. The molecule has 7 nitrogen and oxygen atoms in total. The Balaban J connectivity index is 2.74. The van der Waals surface area contributed by atoms with Gasteiger partial charge in [-0.15, -0.1) is 0 Å². The number of carboxylic acids is 1. The zero-order valence-corrected chi connectivity index (χ0v) is 11.3. The predicted octanol–water partition coefficient (Wildman–Crippen LogP) is 0.878. The quantitative estimate of drug-likeness (QED) is 0.587. The van der Waals surface area contributed by atoms with Crippen LogP contribution in [0.1, 0.15) is 24.5 Å². The Labute approximate surface area is 120 Å². The van der Waals surface area contributed by atoms with Gasteiger partial charge in [-0.1, -0.05) is 30.3 Å². The first kappa shape index (κ1) is 16.4. The highest BCUT2D eigenvalue weighted by atomic mass is 16.6. The van der Waals surface area contributed by atoms with E-state index < -0.39 is 42.6 Å². The molecule has 0 heterocycles. The van der Waals surface area contributed by atoms with E-state index in [1.54, 1.807) is 30.3 Å². The first-order valence-corrected chi connectivity index (χ1v) is 5.99. The Hall–Kier alpha value is -2.70. The molecule has 1 N–H and O–H groups in total. The van der Waals surface area contributed by atoms with Gasteiger partial charge in [-0.25, -0.2) is 4.79 Å². The molecule has 0 bridgehead atoms. The van der Waals surface area contributed by atoms with Crippen molar-refractivity contribution < 1.29 is 33.8 Å². The van der Waals surface area contributed by atoms with Gasteiger partial charge < -0.3 is 14.6 Å². The molecule has 0 saturated heterocycles. The first-order valence-electron chi connectivity index (χ1n) is 5.99. The van der Waals surface area contributed by atoms with Gasteiger partial charge in [-0.3, -0.25) is 14.4 Å². The summed E-state index contributed by atoms with van der Waals surface area (Å²) in [6.07, 6.45) is -2.78. The van der Waals surface area contributed by atoms with Crippen LogP contribution in [0.25, 0.3) is 0 Å². The number of esters is 2. The summed E-state index contributed by atoms with van der Waals surface area (Å²) in [5, 5.41) is 8.44. The number of hydrogen-bond donors (Lipinski definition) is 1. The summed E-state index contributed by atoms with van der Waals surface area (Å²) in [4.78, 5) is 44.8. The zero-order chi connectivity index (χ0) is 15.8. The molecule has 0 radical (unpaired) electrons. The van der Waals surface area contributed by atoms with Crippen LogP contribution < -0.4 is 0 Å². The van der Waals surface area contributed by atoms with Crippen molar-refractivity contribution >= 4 is 23.7 Å². The summed E-state index contributed by atoms with van der Waals surface area (Å²) in [7, 11) is 1.14. The van der Waals surface area contributed by atoms with Crippen molar-refractivity contribution in [2.75, 3.05) is 7.11 Å². The standard InChI is InChI=1S/C14H14O7/c1-20-14(19)13(9-5-3-2-4-6-9)21-12(18)8-10(15)7-11(16)17/h2-6,13H,7-8H2,1H3,(H,16,17). The van der Waals surface area contributed by atoms with E-state index in [0.717, 1.165) is 7.11 Å². The van der Waals surface area contributed by atoms with Gasteiger partial charge in [0.1, 0.15) is 12.8 Å². The Bertz CT molecular complexity index is 536. The molecular formula is C14H14O7. The molecule has 1 unspecified atom stereocenters. The van der Waals surface area contributed by atoms with Gasteiger partial charge in [-0.05, 0) is 0 Å². The number of carbonyl (C=O) groups excluding carboxylic acids is 3. The van der Waals surface area contributed by atoms with E-state index in [-0.39, 0.29) is 0 Å². The smallest absolute Gasteiger partial charge is 0.351 e.